The minimum absolute atomic E-state index is 0.187. The second kappa shape index (κ2) is 6.29. The van der Waals surface area contributed by atoms with Gasteiger partial charge in [0.25, 0.3) is 0 Å². The fraction of sp³-hybridized carbons (Fsp3) is 0.750. The number of rotatable bonds is 6. The van der Waals surface area contributed by atoms with E-state index in [-0.39, 0.29) is 6.42 Å². The largest absolute Gasteiger partial charge is 0.480 e. The van der Waals surface area contributed by atoms with E-state index in [0.29, 0.717) is 6.42 Å². The molecule has 0 aromatic carbocycles. The summed E-state index contributed by atoms with van der Waals surface area (Å²) in [5.74, 6) is -5.79. The van der Waals surface area contributed by atoms with Gasteiger partial charge < -0.3 is 39.0 Å². The number of ether oxygens (including phenoxy) is 5. The molecule has 194 valence electrons. The molecule has 2 saturated carbocycles. The zero-order valence-electron chi connectivity index (χ0n) is 19.5. The van der Waals surface area contributed by atoms with Gasteiger partial charge in [-0.3, -0.25) is 4.79 Å². The van der Waals surface area contributed by atoms with Gasteiger partial charge in [-0.05, 0) is 25.7 Å². The van der Waals surface area contributed by atoms with Crippen LogP contribution in [-0.4, -0.2) is 87.7 Å². The molecular weight excluding hydrogens is 480 g/mol. The summed E-state index contributed by atoms with van der Waals surface area (Å²) < 4.78 is 28.9. The first-order valence-corrected chi connectivity index (χ1v) is 12.2. The average Bonchev–Trinajstić information content (AvgIpc) is 3.02. The fourth-order valence-corrected chi connectivity index (χ4v) is 9.16. The lowest BCUT2D eigenvalue weighted by Gasteiger charge is -2.47. The van der Waals surface area contributed by atoms with Crippen molar-refractivity contribution >= 4 is 23.9 Å². The van der Waals surface area contributed by atoms with Crippen LogP contribution in [0.5, 0.6) is 0 Å². The number of aliphatic carboxylic acids is 1. The molecule has 4 heterocycles. The Hall–Kier alpha value is -2.54. The Balaban J connectivity index is 1.51. The molecule has 36 heavy (non-hydrogen) atoms. The molecule has 2 spiro atoms. The maximum atomic E-state index is 13.7. The summed E-state index contributed by atoms with van der Waals surface area (Å²) in [5, 5.41) is 33.4. The molecule has 7 rings (SSSR count). The van der Waals surface area contributed by atoms with Crippen molar-refractivity contribution in [2.24, 2.45) is 28.1 Å². The van der Waals surface area contributed by atoms with Crippen molar-refractivity contribution in [3.05, 3.63) is 12.2 Å². The monoisotopic (exact) mass is 506 g/mol. The lowest BCUT2D eigenvalue weighted by atomic mass is 9.51. The topological polar surface area (TPSA) is 175 Å². The molecule has 4 saturated heterocycles. The van der Waals surface area contributed by atoms with Gasteiger partial charge in [0.15, 0.2) is 17.8 Å². The van der Waals surface area contributed by atoms with Gasteiger partial charge in [-0.25, -0.2) is 14.4 Å². The molecule has 3 N–H and O–H groups in total. The second-order valence-electron chi connectivity index (χ2n) is 11.2. The molecule has 0 aromatic rings. The number of hydrogen-bond donors (Lipinski definition) is 3. The Kier molecular flexibility index (Phi) is 3.96. The summed E-state index contributed by atoms with van der Waals surface area (Å²) >= 11 is 0. The normalized spacial score (nSPS) is 54.0. The van der Waals surface area contributed by atoms with E-state index >= 15 is 0 Å². The minimum Gasteiger partial charge on any atom is -0.480 e. The summed E-state index contributed by atoms with van der Waals surface area (Å²) in [5.41, 5.74) is -8.57. The van der Waals surface area contributed by atoms with E-state index in [9.17, 15) is 34.5 Å². The van der Waals surface area contributed by atoms with Crippen LogP contribution in [-0.2, 0) is 42.9 Å². The molecule has 11 atom stereocenters. The summed E-state index contributed by atoms with van der Waals surface area (Å²) in [6.07, 6.45) is -1.66. The first-order chi connectivity index (χ1) is 17.0. The van der Waals surface area contributed by atoms with E-state index in [1.165, 1.54) is 6.92 Å². The Morgan fingerprint density at radius 3 is 2.53 bits per heavy atom. The van der Waals surface area contributed by atoms with Crippen molar-refractivity contribution in [2.75, 3.05) is 6.61 Å². The predicted molar refractivity (Wildman–Crippen MR) is 110 cm³/mol. The SMILES string of the molecule is CCCC1([C@@H]2CC3OC(=O)[C@@]45O[C@@H]6OC(=O)[C@H](OCC(=O)O)C62[C@@]34[C@@H](O)[C@@H]2OC(=O)C(C)[C@@]25O)C=C1. The average molecular weight is 506 g/mol. The molecule has 6 fully saturated rings. The number of hydrogen-bond acceptors (Lipinski definition) is 11. The van der Waals surface area contributed by atoms with E-state index in [1.807, 2.05) is 19.1 Å². The molecule has 0 bridgehead atoms. The zero-order valence-corrected chi connectivity index (χ0v) is 19.5. The molecule has 12 nitrogen and oxygen atoms in total. The Morgan fingerprint density at radius 2 is 1.89 bits per heavy atom. The van der Waals surface area contributed by atoms with Crippen molar-refractivity contribution in [1.29, 1.82) is 0 Å². The molecule has 12 heteroatoms. The number of carboxylic acids is 1. The molecule has 7 aliphatic rings. The third kappa shape index (κ3) is 1.85. The first-order valence-electron chi connectivity index (χ1n) is 12.2. The van der Waals surface area contributed by atoms with Gasteiger partial charge in [0.05, 0.1) is 16.7 Å². The smallest absolute Gasteiger partial charge is 0.343 e. The minimum atomic E-state index is -2.32. The van der Waals surface area contributed by atoms with Crippen LogP contribution >= 0.6 is 0 Å². The highest BCUT2D eigenvalue weighted by molar-refractivity contribution is 5.94. The van der Waals surface area contributed by atoms with Crippen LogP contribution in [0.2, 0.25) is 0 Å². The summed E-state index contributed by atoms with van der Waals surface area (Å²) in [6.45, 7) is 2.53. The molecular formula is C24H26O12. The van der Waals surface area contributed by atoms with Gasteiger partial charge in [-0.2, -0.15) is 0 Å². The van der Waals surface area contributed by atoms with E-state index in [1.54, 1.807) is 0 Å². The third-order valence-electron chi connectivity index (χ3n) is 10.2. The summed E-state index contributed by atoms with van der Waals surface area (Å²) in [4.78, 5) is 51.0. The molecule has 0 aromatic heterocycles. The van der Waals surface area contributed by atoms with Crippen LogP contribution in [0.25, 0.3) is 0 Å². The van der Waals surface area contributed by atoms with Crippen molar-refractivity contribution in [1.82, 2.24) is 0 Å². The van der Waals surface area contributed by atoms with Crippen molar-refractivity contribution in [2.45, 2.75) is 75.0 Å². The highest BCUT2D eigenvalue weighted by atomic mass is 16.8. The highest BCUT2D eigenvalue weighted by Crippen LogP contribution is 2.85. The Labute approximate surface area is 204 Å². The molecule has 0 radical (unpaired) electrons. The fourth-order valence-electron chi connectivity index (χ4n) is 9.16. The Bertz CT molecular complexity index is 1160. The number of carbonyl (C=O) groups excluding carboxylic acids is 3. The molecule has 0 amide bonds. The first kappa shape index (κ1) is 22.6. The van der Waals surface area contributed by atoms with Crippen LogP contribution in [0.1, 0.15) is 33.1 Å². The van der Waals surface area contributed by atoms with E-state index < -0.39 is 100 Å². The van der Waals surface area contributed by atoms with Gasteiger partial charge in [-0.1, -0.05) is 25.5 Å². The van der Waals surface area contributed by atoms with Crippen molar-refractivity contribution < 1.29 is 58.2 Å². The van der Waals surface area contributed by atoms with Crippen LogP contribution in [0.4, 0.5) is 0 Å². The van der Waals surface area contributed by atoms with Crippen LogP contribution in [0, 0.1) is 28.1 Å². The van der Waals surface area contributed by atoms with Crippen LogP contribution in [0.15, 0.2) is 12.2 Å². The van der Waals surface area contributed by atoms with E-state index in [2.05, 4.69) is 0 Å². The predicted octanol–water partition coefficient (Wildman–Crippen LogP) is -0.950. The third-order valence-corrected chi connectivity index (χ3v) is 10.2. The number of esters is 3. The maximum Gasteiger partial charge on any atom is 0.343 e. The lowest BCUT2D eigenvalue weighted by molar-refractivity contribution is -0.239. The van der Waals surface area contributed by atoms with Crippen molar-refractivity contribution in [3.8, 4) is 0 Å². The number of fused-ring (bicyclic) bond motifs is 1. The van der Waals surface area contributed by atoms with Gasteiger partial charge >= 0.3 is 23.9 Å². The summed E-state index contributed by atoms with van der Waals surface area (Å²) in [7, 11) is 0. The van der Waals surface area contributed by atoms with E-state index in [4.69, 9.17) is 23.7 Å². The summed E-state index contributed by atoms with van der Waals surface area (Å²) in [6, 6.07) is 0. The number of aliphatic hydroxyl groups excluding tert-OH is 1. The van der Waals surface area contributed by atoms with E-state index in [0.717, 1.165) is 6.42 Å². The molecule has 4 aliphatic heterocycles. The van der Waals surface area contributed by atoms with Crippen molar-refractivity contribution in [3.63, 3.8) is 0 Å². The zero-order chi connectivity index (χ0) is 25.6. The molecule has 3 aliphatic carbocycles. The number of allylic oxidation sites excluding steroid dienone is 2. The second-order valence-corrected chi connectivity index (χ2v) is 11.2. The molecule has 3 unspecified atom stereocenters. The lowest BCUT2D eigenvalue weighted by Crippen LogP contribution is -2.67. The van der Waals surface area contributed by atoms with Crippen LogP contribution in [0.3, 0.4) is 0 Å². The van der Waals surface area contributed by atoms with Crippen LogP contribution < -0.4 is 0 Å². The number of aliphatic hydroxyl groups is 2. The maximum absolute atomic E-state index is 13.7. The van der Waals surface area contributed by atoms with Gasteiger partial charge in [0, 0.05) is 5.41 Å². The van der Waals surface area contributed by atoms with Gasteiger partial charge in [0.1, 0.15) is 18.8 Å². The standard InChI is InChI=1S/C24H26O12/c1-3-4-20(5-6-20)10-7-11-22-13(27)14-23(31,9(2)16(28)34-14)24(22,18(30)33-11)36-19-21(10,22)15(17(29)35-19)32-8-12(25)26/h5-6,9-11,13-15,19,27,31H,3-4,7-8H2,1-2H3,(H,25,26)/t9?,10-,11?,13-,14-,15-,19-,21?,22-,23+,24+/m0/s1. The highest BCUT2D eigenvalue weighted by Gasteiger charge is 3.04. The number of carbonyl (C=O) groups is 4. The van der Waals surface area contributed by atoms with Gasteiger partial charge in [0.2, 0.25) is 11.9 Å². The van der Waals surface area contributed by atoms with Gasteiger partial charge in [-0.15, -0.1) is 0 Å². The Morgan fingerprint density at radius 1 is 1.17 bits per heavy atom. The number of carboxylic acid groups (broad SMARTS) is 1. The quantitative estimate of drug-likeness (QED) is 0.229.